The average Bonchev–Trinajstić information content (AvgIpc) is 3.85. The number of rotatable bonds is 4. The lowest BCUT2D eigenvalue weighted by atomic mass is 9.85. The molecule has 0 saturated carbocycles. The zero-order chi connectivity index (χ0) is 36.7. The lowest BCUT2D eigenvalue weighted by Gasteiger charge is -2.18. The number of fused-ring (bicyclic) bond motifs is 11. The minimum Gasteiger partial charge on any atom is -0.452 e. The van der Waals surface area contributed by atoms with E-state index in [0.29, 0.717) is 0 Å². The van der Waals surface area contributed by atoms with Crippen molar-refractivity contribution in [3.05, 3.63) is 194 Å². The van der Waals surface area contributed by atoms with Gasteiger partial charge in [-0.1, -0.05) is 164 Å². The Morgan fingerprint density at radius 3 is 1.46 bits per heavy atom. The average molecular weight is 713 g/mol. The molecule has 0 N–H and O–H groups in total. The molecule has 0 spiro atoms. The molecule has 0 atom stereocenters. The summed E-state index contributed by atoms with van der Waals surface area (Å²) in [4.78, 5) is 0. The van der Waals surface area contributed by atoms with Crippen LogP contribution in [0.25, 0.3) is 121 Å². The van der Waals surface area contributed by atoms with Crippen LogP contribution < -0.4 is 0 Å². The Hall–Kier alpha value is -7.42. The largest absolute Gasteiger partial charge is 0.452 e. The van der Waals surface area contributed by atoms with E-state index < -0.39 is 0 Å². The highest BCUT2D eigenvalue weighted by Gasteiger charge is 2.21. The predicted octanol–water partition coefficient (Wildman–Crippen LogP) is 15.6. The number of hydrogen-bond donors (Lipinski definition) is 0. The molecule has 10 aromatic carbocycles. The first kappa shape index (κ1) is 31.0. The van der Waals surface area contributed by atoms with Crippen LogP contribution in [0.4, 0.5) is 0 Å². The van der Waals surface area contributed by atoms with Crippen molar-refractivity contribution in [2.24, 2.45) is 0 Å². The molecule has 2 nitrogen and oxygen atoms in total. The Bertz CT molecular complexity index is 3450. The fourth-order valence-electron chi connectivity index (χ4n) is 9.17. The van der Waals surface area contributed by atoms with Gasteiger partial charge in [0.25, 0.3) is 0 Å². The van der Waals surface area contributed by atoms with E-state index in [4.69, 9.17) is 8.83 Å². The van der Waals surface area contributed by atoms with Crippen LogP contribution in [0.5, 0.6) is 0 Å². The number of hydrogen-bond acceptors (Lipinski definition) is 2. The first-order valence-electron chi connectivity index (χ1n) is 19.2. The van der Waals surface area contributed by atoms with Gasteiger partial charge in [-0.15, -0.1) is 0 Å². The summed E-state index contributed by atoms with van der Waals surface area (Å²) < 4.78 is 13.1. The second kappa shape index (κ2) is 12.0. The Morgan fingerprint density at radius 2 is 0.750 bits per heavy atom. The quantitative estimate of drug-likeness (QED) is 0.170. The third kappa shape index (κ3) is 4.57. The molecule has 56 heavy (non-hydrogen) atoms. The highest BCUT2D eigenvalue weighted by molar-refractivity contribution is 6.27. The van der Waals surface area contributed by atoms with Gasteiger partial charge in [0.15, 0.2) is 11.2 Å². The van der Waals surface area contributed by atoms with E-state index >= 15 is 0 Å². The summed E-state index contributed by atoms with van der Waals surface area (Å²) in [6, 6.07) is 69.9. The molecule has 0 unspecified atom stereocenters. The van der Waals surface area contributed by atoms with E-state index in [1.807, 2.05) is 12.1 Å². The highest BCUT2D eigenvalue weighted by Crippen LogP contribution is 2.46. The van der Waals surface area contributed by atoms with Gasteiger partial charge in [0.1, 0.15) is 11.2 Å². The molecule has 2 heterocycles. The van der Waals surface area contributed by atoms with Crippen molar-refractivity contribution >= 4 is 76.2 Å². The van der Waals surface area contributed by atoms with Gasteiger partial charge in [0.2, 0.25) is 0 Å². The number of para-hydroxylation sites is 1. The lowest BCUT2D eigenvalue weighted by molar-refractivity contribution is 0.633. The van der Waals surface area contributed by atoms with Gasteiger partial charge in [0.05, 0.1) is 0 Å². The summed E-state index contributed by atoms with van der Waals surface area (Å²) in [5.74, 6) is 0. The minimum absolute atomic E-state index is 0.792. The fourth-order valence-corrected chi connectivity index (χ4v) is 9.17. The van der Waals surface area contributed by atoms with E-state index in [1.165, 1.54) is 65.7 Å². The predicted molar refractivity (Wildman–Crippen MR) is 235 cm³/mol. The fraction of sp³-hybridized carbons (Fsp3) is 0. The van der Waals surface area contributed by atoms with Gasteiger partial charge in [0, 0.05) is 21.5 Å². The summed E-state index contributed by atoms with van der Waals surface area (Å²) in [6.07, 6.45) is 0. The van der Waals surface area contributed by atoms with Gasteiger partial charge in [-0.25, -0.2) is 0 Å². The monoisotopic (exact) mass is 712 g/mol. The first-order valence-corrected chi connectivity index (χ1v) is 19.2. The van der Waals surface area contributed by atoms with Crippen molar-refractivity contribution in [2.45, 2.75) is 0 Å². The topological polar surface area (TPSA) is 26.3 Å². The summed E-state index contributed by atoms with van der Waals surface area (Å²) in [5, 5.41) is 11.7. The van der Waals surface area contributed by atoms with E-state index in [2.05, 4.69) is 182 Å². The van der Waals surface area contributed by atoms with Crippen LogP contribution in [-0.4, -0.2) is 0 Å². The molecule has 0 fully saturated rings. The van der Waals surface area contributed by atoms with Gasteiger partial charge < -0.3 is 8.83 Å². The maximum atomic E-state index is 6.74. The molecule has 0 aliphatic rings. The number of furan rings is 2. The van der Waals surface area contributed by atoms with Crippen molar-refractivity contribution in [3.8, 4) is 44.5 Å². The van der Waals surface area contributed by atoms with Crippen LogP contribution >= 0.6 is 0 Å². The molecule has 12 aromatic rings. The van der Waals surface area contributed by atoms with Gasteiger partial charge in [-0.2, -0.15) is 0 Å². The lowest BCUT2D eigenvalue weighted by Crippen LogP contribution is -1.91. The zero-order valence-electron chi connectivity index (χ0n) is 30.3. The Labute approximate surface area is 322 Å². The second-order valence-electron chi connectivity index (χ2n) is 14.7. The van der Waals surface area contributed by atoms with Crippen molar-refractivity contribution < 1.29 is 8.83 Å². The van der Waals surface area contributed by atoms with E-state index in [0.717, 1.165) is 55.0 Å². The van der Waals surface area contributed by atoms with Crippen LogP contribution in [-0.2, 0) is 0 Å². The van der Waals surface area contributed by atoms with Crippen LogP contribution in [0.3, 0.4) is 0 Å². The molecular weight excluding hydrogens is 681 g/mol. The smallest absolute Gasteiger partial charge is 0.178 e. The van der Waals surface area contributed by atoms with Crippen LogP contribution in [0, 0.1) is 0 Å². The van der Waals surface area contributed by atoms with Crippen molar-refractivity contribution in [3.63, 3.8) is 0 Å². The van der Waals surface area contributed by atoms with E-state index in [-0.39, 0.29) is 0 Å². The SMILES string of the molecule is c1ccc(-c2cccc(-c3c4ccccc4c(-c4ccc(-c5cc6oc7c(ccc8c9ccccc9oc87)c6c6ccccc56)cc4)c4ccccc34)c2)cc1. The molecule has 0 bridgehead atoms. The second-order valence-corrected chi connectivity index (χ2v) is 14.7. The normalized spacial score (nSPS) is 11.9. The van der Waals surface area contributed by atoms with Gasteiger partial charge >= 0.3 is 0 Å². The molecule has 260 valence electrons. The summed E-state index contributed by atoms with van der Waals surface area (Å²) >= 11 is 0. The summed E-state index contributed by atoms with van der Waals surface area (Å²) in [6.45, 7) is 0. The van der Waals surface area contributed by atoms with E-state index in [1.54, 1.807) is 0 Å². The zero-order valence-corrected chi connectivity index (χ0v) is 30.3. The molecule has 0 radical (unpaired) electrons. The maximum absolute atomic E-state index is 6.74. The Balaban J connectivity index is 1.03. The molecule has 0 saturated heterocycles. The van der Waals surface area contributed by atoms with Gasteiger partial charge in [-0.05, 0) is 107 Å². The molecule has 2 aromatic heterocycles. The third-order valence-corrected chi connectivity index (χ3v) is 11.7. The van der Waals surface area contributed by atoms with E-state index in [9.17, 15) is 0 Å². The molecular formula is C54H32O2. The Kier molecular flexibility index (Phi) is 6.66. The first-order chi connectivity index (χ1) is 27.8. The minimum atomic E-state index is 0.792. The van der Waals surface area contributed by atoms with Crippen molar-refractivity contribution in [2.75, 3.05) is 0 Å². The number of benzene rings is 10. The molecule has 0 aliphatic heterocycles. The third-order valence-electron chi connectivity index (χ3n) is 11.7. The molecule has 2 heteroatoms. The van der Waals surface area contributed by atoms with Crippen molar-refractivity contribution in [1.82, 2.24) is 0 Å². The Morgan fingerprint density at radius 1 is 0.250 bits per heavy atom. The van der Waals surface area contributed by atoms with Crippen LogP contribution in [0.1, 0.15) is 0 Å². The highest BCUT2D eigenvalue weighted by atomic mass is 16.4. The molecule has 0 amide bonds. The van der Waals surface area contributed by atoms with Crippen molar-refractivity contribution in [1.29, 1.82) is 0 Å². The molecule has 12 rings (SSSR count). The molecule has 0 aliphatic carbocycles. The standard InChI is InChI=1S/C54H32O2/c1-2-13-33(14-3-1)36-15-12-16-37(31-36)51-43-22-8-6-20-41(43)50(42-21-7-9-23-44(42)51)35-27-25-34(26-28-35)47-32-49-52(40-19-5-4-17-38(40)47)46-30-29-45-39-18-10-11-24-48(39)55-53(45)54(46)56-49/h1-32H. The maximum Gasteiger partial charge on any atom is 0.178 e. The summed E-state index contributed by atoms with van der Waals surface area (Å²) in [7, 11) is 0. The van der Waals surface area contributed by atoms with Crippen LogP contribution in [0.15, 0.2) is 203 Å². The van der Waals surface area contributed by atoms with Gasteiger partial charge in [-0.3, -0.25) is 0 Å². The summed E-state index contributed by atoms with van der Waals surface area (Å²) in [5.41, 5.74) is 12.9. The van der Waals surface area contributed by atoms with Crippen LogP contribution in [0.2, 0.25) is 0 Å².